The minimum Gasteiger partial charge on any atom is -0.329 e. The van der Waals surface area contributed by atoms with Gasteiger partial charge in [0.2, 0.25) is 0 Å². The quantitative estimate of drug-likeness (QED) is 0.898. The number of hydrogen-bond acceptors (Lipinski definition) is 5. The van der Waals surface area contributed by atoms with Gasteiger partial charge in [-0.15, -0.1) is 11.3 Å². The van der Waals surface area contributed by atoms with Crippen LogP contribution in [0.15, 0.2) is 23.8 Å². The van der Waals surface area contributed by atoms with Crippen LogP contribution in [0.2, 0.25) is 0 Å². The molecule has 0 radical (unpaired) electrons. The standard InChI is InChI=1S/C12H10N4S/c13-5-9-3-4-14-6-10(9)15-12-16-11(7-17-12)8-1-2-8/h3-4,6-8H,1-2H2,(H,15,16). The average Bonchev–Trinajstić information content (AvgIpc) is 3.11. The van der Waals surface area contributed by atoms with Gasteiger partial charge in [-0.25, -0.2) is 4.98 Å². The SMILES string of the molecule is N#Cc1ccncc1Nc1nc(C2CC2)cs1. The molecular weight excluding hydrogens is 232 g/mol. The lowest BCUT2D eigenvalue weighted by molar-refractivity contribution is 1.05. The lowest BCUT2D eigenvalue weighted by Crippen LogP contribution is -1.94. The largest absolute Gasteiger partial charge is 0.329 e. The van der Waals surface area contributed by atoms with Gasteiger partial charge in [0.05, 0.1) is 23.1 Å². The Morgan fingerprint density at radius 2 is 2.35 bits per heavy atom. The molecule has 0 bridgehead atoms. The van der Waals surface area contributed by atoms with Crippen molar-refractivity contribution in [3.8, 4) is 6.07 Å². The van der Waals surface area contributed by atoms with E-state index in [9.17, 15) is 0 Å². The predicted octanol–water partition coefficient (Wildman–Crippen LogP) is 3.03. The van der Waals surface area contributed by atoms with Crippen LogP contribution in [0.25, 0.3) is 0 Å². The van der Waals surface area contributed by atoms with Crippen LogP contribution >= 0.6 is 11.3 Å². The highest BCUT2D eigenvalue weighted by Gasteiger charge is 2.26. The van der Waals surface area contributed by atoms with E-state index in [1.165, 1.54) is 18.5 Å². The van der Waals surface area contributed by atoms with Crippen molar-refractivity contribution >= 4 is 22.2 Å². The fourth-order valence-electron chi connectivity index (χ4n) is 1.62. The molecule has 0 aliphatic heterocycles. The molecule has 1 fully saturated rings. The van der Waals surface area contributed by atoms with Crippen molar-refractivity contribution in [2.45, 2.75) is 18.8 Å². The first kappa shape index (κ1) is 10.2. The van der Waals surface area contributed by atoms with Crippen LogP contribution in [0, 0.1) is 11.3 Å². The summed E-state index contributed by atoms with van der Waals surface area (Å²) in [4.78, 5) is 8.52. The third-order valence-corrected chi connectivity index (χ3v) is 3.48. The molecule has 17 heavy (non-hydrogen) atoms. The molecule has 2 heterocycles. The van der Waals surface area contributed by atoms with E-state index in [1.54, 1.807) is 29.8 Å². The maximum Gasteiger partial charge on any atom is 0.187 e. The fourth-order valence-corrected chi connectivity index (χ4v) is 2.42. The number of rotatable bonds is 3. The van der Waals surface area contributed by atoms with E-state index in [4.69, 9.17) is 5.26 Å². The molecular formula is C12H10N4S. The summed E-state index contributed by atoms with van der Waals surface area (Å²) in [5.41, 5.74) is 2.47. The molecule has 0 unspecified atom stereocenters. The fraction of sp³-hybridized carbons (Fsp3) is 0.250. The van der Waals surface area contributed by atoms with Crippen LogP contribution < -0.4 is 5.32 Å². The molecule has 1 aliphatic carbocycles. The maximum atomic E-state index is 8.97. The van der Waals surface area contributed by atoms with Crippen LogP contribution in [0.3, 0.4) is 0 Å². The normalized spacial score (nSPS) is 14.3. The lowest BCUT2D eigenvalue weighted by Gasteiger charge is -2.02. The Hall–Kier alpha value is -1.93. The number of thiazole rings is 1. The van der Waals surface area contributed by atoms with Gasteiger partial charge in [-0.1, -0.05) is 0 Å². The smallest absolute Gasteiger partial charge is 0.187 e. The minimum atomic E-state index is 0.586. The lowest BCUT2D eigenvalue weighted by atomic mass is 10.2. The van der Waals surface area contributed by atoms with E-state index in [2.05, 4.69) is 26.7 Å². The van der Waals surface area contributed by atoms with Gasteiger partial charge >= 0.3 is 0 Å². The van der Waals surface area contributed by atoms with Gasteiger partial charge < -0.3 is 5.32 Å². The summed E-state index contributed by atoms with van der Waals surface area (Å²) in [6.07, 6.45) is 5.76. The van der Waals surface area contributed by atoms with Crippen molar-refractivity contribution in [3.63, 3.8) is 0 Å². The predicted molar refractivity (Wildman–Crippen MR) is 66.3 cm³/mol. The van der Waals surface area contributed by atoms with Gasteiger partial charge in [0, 0.05) is 17.5 Å². The zero-order valence-corrected chi connectivity index (χ0v) is 9.87. The van der Waals surface area contributed by atoms with Crippen LogP contribution in [0.1, 0.15) is 30.0 Å². The Morgan fingerprint density at radius 1 is 1.47 bits per heavy atom. The summed E-state index contributed by atoms with van der Waals surface area (Å²) in [7, 11) is 0. The van der Waals surface area contributed by atoms with Gasteiger partial charge in [0.15, 0.2) is 5.13 Å². The van der Waals surface area contributed by atoms with Crippen LogP contribution in [0.4, 0.5) is 10.8 Å². The van der Waals surface area contributed by atoms with E-state index in [1.807, 2.05) is 0 Å². The van der Waals surface area contributed by atoms with Gasteiger partial charge in [0.25, 0.3) is 0 Å². The second kappa shape index (κ2) is 4.15. The van der Waals surface area contributed by atoms with E-state index < -0.39 is 0 Å². The van der Waals surface area contributed by atoms with E-state index in [0.717, 1.165) is 5.13 Å². The zero-order chi connectivity index (χ0) is 11.7. The zero-order valence-electron chi connectivity index (χ0n) is 9.05. The van der Waals surface area contributed by atoms with Crippen molar-refractivity contribution in [1.29, 1.82) is 5.26 Å². The van der Waals surface area contributed by atoms with Gasteiger partial charge in [-0.3, -0.25) is 4.98 Å². The van der Waals surface area contributed by atoms with Crippen LogP contribution in [-0.2, 0) is 0 Å². The van der Waals surface area contributed by atoms with Crippen molar-refractivity contribution in [2.24, 2.45) is 0 Å². The number of aromatic nitrogens is 2. The summed E-state index contributed by atoms with van der Waals surface area (Å²) in [6, 6.07) is 3.82. The van der Waals surface area contributed by atoms with Crippen molar-refractivity contribution in [3.05, 3.63) is 35.1 Å². The molecule has 3 rings (SSSR count). The van der Waals surface area contributed by atoms with Crippen molar-refractivity contribution < 1.29 is 0 Å². The Labute approximate surface area is 103 Å². The summed E-state index contributed by atoms with van der Waals surface area (Å²) >= 11 is 1.57. The average molecular weight is 242 g/mol. The van der Waals surface area contributed by atoms with E-state index in [-0.39, 0.29) is 0 Å². The Balaban J connectivity index is 1.83. The molecule has 84 valence electrons. The minimum absolute atomic E-state index is 0.586. The number of anilines is 2. The molecule has 2 aromatic heterocycles. The summed E-state index contributed by atoms with van der Waals surface area (Å²) < 4.78 is 0. The molecule has 4 nitrogen and oxygen atoms in total. The van der Waals surface area contributed by atoms with Gasteiger partial charge in [0.1, 0.15) is 6.07 Å². The monoisotopic (exact) mass is 242 g/mol. The molecule has 1 aliphatic rings. The molecule has 1 N–H and O–H groups in total. The Bertz CT molecular complexity index is 580. The molecule has 0 aromatic carbocycles. The van der Waals surface area contributed by atoms with Crippen molar-refractivity contribution in [2.75, 3.05) is 5.32 Å². The molecule has 0 atom stereocenters. The van der Waals surface area contributed by atoms with E-state index >= 15 is 0 Å². The Morgan fingerprint density at radius 3 is 3.12 bits per heavy atom. The Kier molecular flexibility index (Phi) is 2.50. The summed E-state index contributed by atoms with van der Waals surface area (Å²) in [5, 5.41) is 15.0. The third-order valence-electron chi connectivity index (χ3n) is 2.70. The number of pyridine rings is 1. The third kappa shape index (κ3) is 2.12. The molecule has 0 spiro atoms. The molecule has 0 amide bonds. The summed E-state index contributed by atoms with van der Waals surface area (Å²) in [5.74, 6) is 0.658. The first-order chi connectivity index (χ1) is 8.36. The topological polar surface area (TPSA) is 61.6 Å². The highest BCUT2D eigenvalue weighted by molar-refractivity contribution is 7.13. The second-order valence-electron chi connectivity index (χ2n) is 4.01. The summed E-state index contributed by atoms with van der Waals surface area (Å²) in [6.45, 7) is 0. The number of nitrogens with zero attached hydrogens (tertiary/aromatic N) is 3. The van der Waals surface area contributed by atoms with Crippen LogP contribution in [-0.4, -0.2) is 9.97 Å². The second-order valence-corrected chi connectivity index (χ2v) is 4.87. The number of hydrogen-bond donors (Lipinski definition) is 1. The first-order valence-electron chi connectivity index (χ1n) is 5.43. The van der Waals surface area contributed by atoms with Crippen molar-refractivity contribution in [1.82, 2.24) is 9.97 Å². The number of nitrogens with one attached hydrogen (secondary N) is 1. The number of nitriles is 1. The highest BCUT2D eigenvalue weighted by atomic mass is 32.1. The molecule has 1 saturated carbocycles. The molecule has 2 aromatic rings. The van der Waals surface area contributed by atoms with Gasteiger partial charge in [-0.05, 0) is 18.9 Å². The first-order valence-corrected chi connectivity index (χ1v) is 6.31. The highest BCUT2D eigenvalue weighted by Crippen LogP contribution is 2.41. The molecule has 0 saturated heterocycles. The van der Waals surface area contributed by atoms with Crippen LogP contribution in [0.5, 0.6) is 0 Å². The van der Waals surface area contributed by atoms with Gasteiger partial charge in [-0.2, -0.15) is 5.26 Å². The molecule has 5 heteroatoms. The van der Waals surface area contributed by atoms with E-state index in [0.29, 0.717) is 17.2 Å². The maximum absolute atomic E-state index is 8.97.